The van der Waals surface area contributed by atoms with Crippen LogP contribution >= 0.6 is 11.3 Å². The molecule has 1 aromatic carbocycles. The van der Waals surface area contributed by atoms with Crippen molar-refractivity contribution in [3.63, 3.8) is 0 Å². The van der Waals surface area contributed by atoms with Gasteiger partial charge in [-0.15, -0.1) is 11.3 Å². The minimum absolute atomic E-state index is 0.00733. The summed E-state index contributed by atoms with van der Waals surface area (Å²) in [5, 5.41) is 8.15. The molecule has 0 radical (unpaired) electrons. The van der Waals surface area contributed by atoms with E-state index in [-0.39, 0.29) is 5.91 Å². The Morgan fingerprint density at radius 3 is 2.64 bits per heavy atom. The Labute approximate surface area is 153 Å². The van der Waals surface area contributed by atoms with Crippen molar-refractivity contribution >= 4 is 23.2 Å². The predicted octanol–water partition coefficient (Wildman–Crippen LogP) is 2.97. The molecule has 1 heterocycles. The second-order valence-electron chi connectivity index (χ2n) is 5.66. The van der Waals surface area contributed by atoms with E-state index < -0.39 is 0 Å². The topological polar surface area (TPSA) is 56.7 Å². The third kappa shape index (κ3) is 6.58. The van der Waals surface area contributed by atoms with Crippen LogP contribution in [0.5, 0.6) is 0 Å². The average molecular weight is 359 g/mol. The highest BCUT2D eigenvalue weighted by atomic mass is 32.1. The van der Waals surface area contributed by atoms with Crippen LogP contribution in [0, 0.1) is 0 Å². The lowest BCUT2D eigenvalue weighted by molar-refractivity contribution is 0.0957. The molecule has 0 fully saturated rings. The lowest BCUT2D eigenvalue weighted by atomic mass is 10.2. The summed E-state index contributed by atoms with van der Waals surface area (Å²) in [5.41, 5.74) is 1.25. The van der Waals surface area contributed by atoms with Crippen LogP contribution in [-0.2, 0) is 6.54 Å². The van der Waals surface area contributed by atoms with Crippen LogP contribution in [-0.4, -0.2) is 43.4 Å². The maximum Gasteiger partial charge on any atom is 0.261 e. The fraction of sp³-hybridized carbons (Fsp3) is 0.368. The van der Waals surface area contributed by atoms with Gasteiger partial charge in [0, 0.05) is 33.2 Å². The molecule has 2 aromatic rings. The van der Waals surface area contributed by atoms with Crippen LogP contribution < -0.4 is 10.6 Å². The molecule has 134 valence electrons. The second-order valence-corrected chi connectivity index (χ2v) is 6.61. The van der Waals surface area contributed by atoms with Gasteiger partial charge in [-0.3, -0.25) is 9.79 Å². The highest BCUT2D eigenvalue weighted by Gasteiger charge is 2.07. The number of hydrogen-bond acceptors (Lipinski definition) is 3. The summed E-state index contributed by atoms with van der Waals surface area (Å²) in [7, 11) is 2.03. The van der Waals surface area contributed by atoms with E-state index in [0.717, 1.165) is 30.3 Å². The lowest BCUT2D eigenvalue weighted by Crippen LogP contribution is -2.38. The fourth-order valence-corrected chi connectivity index (χ4v) is 3.00. The van der Waals surface area contributed by atoms with E-state index in [4.69, 9.17) is 0 Å². The molecule has 0 aliphatic carbocycles. The number of nitrogens with zero attached hydrogens (tertiary/aromatic N) is 2. The highest BCUT2D eigenvalue weighted by Crippen LogP contribution is 2.07. The van der Waals surface area contributed by atoms with E-state index in [1.54, 1.807) is 0 Å². The van der Waals surface area contributed by atoms with Gasteiger partial charge in [0.05, 0.1) is 4.88 Å². The number of guanidine groups is 1. The van der Waals surface area contributed by atoms with Crippen molar-refractivity contribution in [3.8, 4) is 0 Å². The van der Waals surface area contributed by atoms with Crippen LogP contribution in [0.3, 0.4) is 0 Å². The Morgan fingerprint density at radius 1 is 1.16 bits per heavy atom. The number of carbonyl (C=O) groups excluding carboxylic acids is 1. The zero-order valence-corrected chi connectivity index (χ0v) is 15.7. The maximum absolute atomic E-state index is 11.9. The minimum atomic E-state index is -0.00733. The van der Waals surface area contributed by atoms with Gasteiger partial charge in [-0.05, 0) is 30.4 Å². The molecule has 0 aliphatic heterocycles. The smallest absolute Gasteiger partial charge is 0.261 e. The third-order valence-corrected chi connectivity index (χ3v) is 4.45. The summed E-state index contributed by atoms with van der Waals surface area (Å²) < 4.78 is 0. The Hall–Kier alpha value is -2.34. The van der Waals surface area contributed by atoms with Crippen molar-refractivity contribution in [2.45, 2.75) is 19.9 Å². The number of thiophene rings is 1. The number of benzene rings is 1. The largest absolute Gasteiger partial charge is 0.357 e. The van der Waals surface area contributed by atoms with Crippen LogP contribution in [0.4, 0.5) is 0 Å². The van der Waals surface area contributed by atoms with E-state index in [1.165, 1.54) is 16.9 Å². The Bertz CT molecular complexity index is 655. The zero-order valence-electron chi connectivity index (χ0n) is 14.9. The van der Waals surface area contributed by atoms with Gasteiger partial charge < -0.3 is 15.5 Å². The third-order valence-electron chi connectivity index (χ3n) is 3.59. The molecule has 2 rings (SSSR count). The first-order valence-corrected chi connectivity index (χ1v) is 9.43. The fourth-order valence-electron chi connectivity index (χ4n) is 2.36. The Morgan fingerprint density at radius 2 is 1.96 bits per heavy atom. The van der Waals surface area contributed by atoms with Gasteiger partial charge in [-0.25, -0.2) is 0 Å². The van der Waals surface area contributed by atoms with Gasteiger partial charge >= 0.3 is 0 Å². The van der Waals surface area contributed by atoms with E-state index in [9.17, 15) is 4.79 Å². The van der Waals surface area contributed by atoms with Gasteiger partial charge in [0.1, 0.15) is 0 Å². The highest BCUT2D eigenvalue weighted by molar-refractivity contribution is 7.12. The average Bonchev–Trinajstić information content (AvgIpc) is 3.16. The van der Waals surface area contributed by atoms with E-state index >= 15 is 0 Å². The van der Waals surface area contributed by atoms with Crippen LogP contribution in [0.1, 0.15) is 28.6 Å². The first-order valence-electron chi connectivity index (χ1n) is 8.55. The molecular weight excluding hydrogens is 332 g/mol. The molecule has 0 aliphatic rings. The van der Waals surface area contributed by atoms with Gasteiger partial charge in [-0.2, -0.15) is 0 Å². The summed E-state index contributed by atoms with van der Waals surface area (Å²) >= 11 is 1.45. The molecule has 5 nitrogen and oxygen atoms in total. The number of aliphatic imine (C=N–C) groups is 1. The van der Waals surface area contributed by atoms with Crippen molar-refractivity contribution in [2.75, 3.05) is 26.7 Å². The number of rotatable bonds is 8. The Kier molecular flexibility index (Phi) is 7.98. The van der Waals surface area contributed by atoms with Gasteiger partial charge in [0.15, 0.2) is 5.96 Å². The molecule has 0 saturated heterocycles. The molecule has 6 heteroatoms. The lowest BCUT2D eigenvalue weighted by Gasteiger charge is -2.22. The summed E-state index contributed by atoms with van der Waals surface area (Å²) in [4.78, 5) is 19.4. The number of nitrogens with one attached hydrogen (secondary N) is 2. The SMILES string of the molecule is CCNC(=NCCCNC(=O)c1cccs1)N(C)Cc1ccccc1. The van der Waals surface area contributed by atoms with E-state index in [0.29, 0.717) is 13.1 Å². The molecule has 0 spiro atoms. The molecule has 0 saturated carbocycles. The number of hydrogen-bond donors (Lipinski definition) is 2. The number of carbonyl (C=O) groups is 1. The van der Waals surface area contributed by atoms with E-state index in [1.807, 2.05) is 42.8 Å². The maximum atomic E-state index is 11.9. The monoisotopic (exact) mass is 358 g/mol. The molecule has 25 heavy (non-hydrogen) atoms. The van der Waals surface area contributed by atoms with Crippen molar-refractivity contribution in [3.05, 3.63) is 58.3 Å². The molecule has 0 bridgehead atoms. The van der Waals surface area contributed by atoms with Gasteiger partial charge in [0.2, 0.25) is 0 Å². The molecule has 1 amide bonds. The number of amides is 1. The normalized spacial score (nSPS) is 11.2. The minimum Gasteiger partial charge on any atom is -0.357 e. The van der Waals surface area contributed by atoms with Crippen LogP contribution in [0.15, 0.2) is 52.8 Å². The summed E-state index contributed by atoms with van der Waals surface area (Å²) in [6, 6.07) is 14.1. The van der Waals surface area contributed by atoms with E-state index in [2.05, 4.69) is 39.6 Å². The first-order chi connectivity index (χ1) is 12.2. The molecule has 0 atom stereocenters. The summed E-state index contributed by atoms with van der Waals surface area (Å²) in [6.45, 7) is 5.00. The van der Waals surface area contributed by atoms with Gasteiger partial charge in [0.25, 0.3) is 5.91 Å². The quantitative estimate of drug-likeness (QED) is 0.433. The van der Waals surface area contributed by atoms with Gasteiger partial charge in [-0.1, -0.05) is 36.4 Å². The summed E-state index contributed by atoms with van der Waals surface area (Å²) in [5.74, 6) is 0.878. The van der Waals surface area contributed by atoms with Crippen LogP contribution in [0.2, 0.25) is 0 Å². The first kappa shape index (κ1) is 19.0. The predicted molar refractivity (Wildman–Crippen MR) is 105 cm³/mol. The Balaban J connectivity index is 1.77. The van der Waals surface area contributed by atoms with Crippen molar-refractivity contribution in [1.29, 1.82) is 0 Å². The van der Waals surface area contributed by atoms with Crippen molar-refractivity contribution < 1.29 is 4.79 Å². The summed E-state index contributed by atoms with van der Waals surface area (Å²) in [6.07, 6.45) is 0.811. The van der Waals surface area contributed by atoms with Crippen molar-refractivity contribution in [1.82, 2.24) is 15.5 Å². The molecule has 1 aromatic heterocycles. The zero-order chi connectivity index (χ0) is 17.9. The van der Waals surface area contributed by atoms with Crippen molar-refractivity contribution in [2.24, 2.45) is 4.99 Å². The standard InChI is InChI=1S/C19H26N4OS/c1-3-20-19(23(2)15-16-9-5-4-6-10-16)22-13-8-12-21-18(24)17-11-7-14-25-17/h4-7,9-11,14H,3,8,12-13,15H2,1-2H3,(H,20,22)(H,21,24). The molecule has 0 unspecified atom stereocenters. The second kappa shape index (κ2) is 10.5. The molecule has 2 N–H and O–H groups in total. The van der Waals surface area contributed by atoms with Crippen LogP contribution in [0.25, 0.3) is 0 Å². The molecular formula is C19H26N4OS.